The Labute approximate surface area is 207 Å². The maximum absolute atomic E-state index is 13.3. The first-order chi connectivity index (χ1) is 17.0. The maximum Gasteiger partial charge on any atom is 0.254 e. The highest BCUT2D eigenvalue weighted by atomic mass is 32.1. The Balaban J connectivity index is 1.27. The van der Waals surface area contributed by atoms with Crippen molar-refractivity contribution < 1.29 is 9.59 Å². The van der Waals surface area contributed by atoms with Crippen LogP contribution in [0.3, 0.4) is 0 Å². The average molecular weight is 495 g/mol. The van der Waals surface area contributed by atoms with E-state index < -0.39 is 0 Å². The van der Waals surface area contributed by atoms with Crippen LogP contribution in [0.5, 0.6) is 0 Å². The minimum Gasteiger partial charge on any atom is -0.352 e. The number of fused-ring (bicyclic) bond motifs is 1. The first-order valence-electron chi connectivity index (χ1n) is 12.4. The second-order valence-electron chi connectivity index (χ2n) is 10.0. The highest BCUT2D eigenvalue weighted by molar-refractivity contribution is 7.17. The molecular weight excluding hydrogens is 464 g/mol. The number of hydrogen-bond acceptors (Lipinski definition) is 7. The molecule has 184 valence electrons. The Kier molecular flexibility index (Phi) is 5.58. The Hall–Kier alpha value is -3.21. The van der Waals surface area contributed by atoms with Crippen LogP contribution in [0.4, 0.5) is 16.8 Å². The number of nitrogens with one attached hydrogen (secondary N) is 3. The molecule has 2 fully saturated rings. The zero-order valence-corrected chi connectivity index (χ0v) is 20.8. The molecule has 3 aromatic heterocycles. The van der Waals surface area contributed by atoms with Gasteiger partial charge in [0.2, 0.25) is 11.9 Å². The van der Waals surface area contributed by atoms with Crippen molar-refractivity contribution in [2.24, 2.45) is 18.9 Å². The van der Waals surface area contributed by atoms with E-state index in [-0.39, 0.29) is 23.8 Å². The normalized spacial score (nSPS) is 19.3. The van der Waals surface area contributed by atoms with Crippen molar-refractivity contribution in [1.82, 2.24) is 29.9 Å². The molecule has 10 nitrogen and oxygen atoms in total. The summed E-state index contributed by atoms with van der Waals surface area (Å²) in [6.07, 6.45) is 10.3. The predicted molar refractivity (Wildman–Crippen MR) is 133 cm³/mol. The Morgan fingerprint density at radius 1 is 1.20 bits per heavy atom. The van der Waals surface area contributed by atoms with Crippen molar-refractivity contribution in [3.63, 3.8) is 0 Å². The van der Waals surface area contributed by atoms with Crippen LogP contribution in [-0.2, 0) is 24.7 Å². The first kappa shape index (κ1) is 22.3. The lowest BCUT2D eigenvalue weighted by molar-refractivity contribution is -0.117. The third-order valence-electron chi connectivity index (χ3n) is 7.10. The zero-order chi connectivity index (χ0) is 24.1. The molecule has 0 unspecified atom stereocenters. The summed E-state index contributed by atoms with van der Waals surface area (Å²) in [5, 5.41) is 23.1. The summed E-state index contributed by atoms with van der Waals surface area (Å²) >= 11 is 1.56. The fraction of sp³-hybridized carbons (Fsp3) is 0.542. The number of thiophene rings is 1. The molecule has 2 saturated carbocycles. The van der Waals surface area contributed by atoms with Crippen LogP contribution in [0.1, 0.15) is 64.5 Å². The van der Waals surface area contributed by atoms with Gasteiger partial charge < -0.3 is 16.0 Å². The number of rotatable bonds is 8. The van der Waals surface area contributed by atoms with Gasteiger partial charge in [0.15, 0.2) is 5.82 Å². The predicted octanol–water partition coefficient (Wildman–Crippen LogP) is 3.34. The van der Waals surface area contributed by atoms with Gasteiger partial charge in [0, 0.05) is 42.2 Å². The molecule has 1 atom stereocenters. The summed E-state index contributed by atoms with van der Waals surface area (Å²) in [5.74, 6) is 2.02. The van der Waals surface area contributed by atoms with E-state index in [1.54, 1.807) is 22.3 Å². The molecule has 35 heavy (non-hydrogen) atoms. The third-order valence-corrected chi connectivity index (χ3v) is 8.31. The molecule has 0 bridgehead atoms. The monoisotopic (exact) mass is 494 g/mol. The van der Waals surface area contributed by atoms with E-state index in [1.165, 1.54) is 17.7 Å². The number of hydrogen-bond donors (Lipinski definition) is 3. The molecule has 0 spiro atoms. The summed E-state index contributed by atoms with van der Waals surface area (Å²) in [4.78, 5) is 27.1. The summed E-state index contributed by atoms with van der Waals surface area (Å²) in [7, 11) is 1.89. The van der Waals surface area contributed by atoms with E-state index >= 15 is 0 Å². The van der Waals surface area contributed by atoms with Gasteiger partial charge in [-0.1, -0.05) is 0 Å². The molecule has 0 radical (unpaired) electrons. The number of anilines is 3. The second kappa shape index (κ2) is 8.78. The molecule has 3 heterocycles. The van der Waals surface area contributed by atoms with Crippen LogP contribution in [0.15, 0.2) is 12.5 Å². The van der Waals surface area contributed by atoms with Crippen LogP contribution in [0, 0.1) is 18.8 Å². The lowest BCUT2D eigenvalue weighted by atomic mass is 9.91. The summed E-state index contributed by atoms with van der Waals surface area (Å²) in [5.41, 5.74) is 2.71. The molecule has 0 saturated heterocycles. The van der Waals surface area contributed by atoms with Gasteiger partial charge in [0.25, 0.3) is 5.91 Å². The van der Waals surface area contributed by atoms with Gasteiger partial charge in [-0.05, 0) is 63.4 Å². The quantitative estimate of drug-likeness (QED) is 0.442. The van der Waals surface area contributed by atoms with E-state index in [2.05, 4.69) is 31.2 Å². The molecule has 0 aliphatic heterocycles. The fourth-order valence-corrected chi connectivity index (χ4v) is 6.02. The number of aryl methyl sites for hydroxylation is 3. The molecular formula is C24H30N8O2S. The van der Waals surface area contributed by atoms with Gasteiger partial charge in [-0.3, -0.25) is 18.8 Å². The van der Waals surface area contributed by atoms with E-state index in [9.17, 15) is 9.59 Å². The van der Waals surface area contributed by atoms with Gasteiger partial charge in [-0.15, -0.1) is 21.5 Å². The van der Waals surface area contributed by atoms with E-state index in [4.69, 9.17) is 0 Å². The second-order valence-corrected chi connectivity index (χ2v) is 11.1. The lowest BCUT2D eigenvalue weighted by Crippen LogP contribution is -2.28. The van der Waals surface area contributed by atoms with E-state index in [0.29, 0.717) is 35.4 Å². The van der Waals surface area contributed by atoms with Crippen molar-refractivity contribution in [2.75, 3.05) is 17.2 Å². The average Bonchev–Trinajstić information content (AvgIpc) is 3.74. The minimum absolute atomic E-state index is 0.0346. The maximum atomic E-state index is 13.3. The highest BCUT2D eigenvalue weighted by Crippen LogP contribution is 2.43. The number of carbonyl (C=O) groups is 2. The number of carbonyl (C=O) groups excluding carboxylic acids is 2. The van der Waals surface area contributed by atoms with Crippen molar-refractivity contribution in [2.45, 2.75) is 57.9 Å². The van der Waals surface area contributed by atoms with Gasteiger partial charge in [0.05, 0.1) is 5.56 Å². The molecule has 6 rings (SSSR count). The van der Waals surface area contributed by atoms with Crippen LogP contribution in [-0.4, -0.2) is 42.9 Å². The number of nitrogens with zero attached hydrogens (tertiary/aromatic N) is 5. The molecule has 3 N–H and O–H groups in total. The van der Waals surface area contributed by atoms with Crippen molar-refractivity contribution >= 4 is 39.9 Å². The molecule has 3 aliphatic carbocycles. The highest BCUT2D eigenvalue weighted by Gasteiger charge is 2.35. The van der Waals surface area contributed by atoms with Crippen molar-refractivity contribution in [3.05, 3.63) is 34.1 Å². The van der Waals surface area contributed by atoms with Crippen LogP contribution >= 0.6 is 11.3 Å². The van der Waals surface area contributed by atoms with Crippen LogP contribution < -0.4 is 16.0 Å². The van der Waals surface area contributed by atoms with Crippen LogP contribution in [0.2, 0.25) is 0 Å². The van der Waals surface area contributed by atoms with E-state index in [1.807, 2.05) is 24.7 Å². The van der Waals surface area contributed by atoms with Gasteiger partial charge in [-0.2, -0.15) is 5.10 Å². The Bertz CT molecular complexity index is 1280. The molecule has 11 heteroatoms. The van der Waals surface area contributed by atoms with Gasteiger partial charge in [0.1, 0.15) is 11.3 Å². The summed E-state index contributed by atoms with van der Waals surface area (Å²) in [6.45, 7) is 2.70. The SMILES string of the molecule is Cc1cn(C)nc1Nc1nncn1[C@H]1CCc2sc(NC(=O)C3CC3)c(C(=O)NCC3CC3)c2C1. The van der Waals surface area contributed by atoms with E-state index in [0.717, 1.165) is 42.6 Å². The minimum atomic E-state index is -0.0765. The van der Waals surface area contributed by atoms with Gasteiger partial charge in [-0.25, -0.2) is 0 Å². The molecule has 0 aromatic carbocycles. The fourth-order valence-electron chi connectivity index (χ4n) is 4.77. The topological polar surface area (TPSA) is 119 Å². The van der Waals surface area contributed by atoms with Gasteiger partial charge >= 0.3 is 0 Å². The van der Waals surface area contributed by atoms with Crippen molar-refractivity contribution in [3.8, 4) is 0 Å². The smallest absolute Gasteiger partial charge is 0.254 e. The zero-order valence-electron chi connectivity index (χ0n) is 20.0. The number of aromatic nitrogens is 5. The Morgan fingerprint density at radius 3 is 2.74 bits per heavy atom. The Morgan fingerprint density at radius 2 is 2.03 bits per heavy atom. The molecule has 3 aromatic rings. The molecule has 2 amide bonds. The standard InChI is InChI=1S/C24H30N8O2S/c1-13-11-31(2)30-20(13)27-24-29-26-12-32(24)16-7-8-18-17(9-16)19(22(34)25-10-14-3-4-14)23(35-18)28-21(33)15-5-6-15/h11-12,14-16H,3-10H2,1-2H3,(H,25,34)(H,28,33)(H,27,29,30)/t16-/m0/s1. The lowest BCUT2D eigenvalue weighted by Gasteiger charge is -2.25. The first-order valence-corrected chi connectivity index (χ1v) is 13.2. The largest absolute Gasteiger partial charge is 0.352 e. The van der Waals surface area contributed by atoms with Crippen LogP contribution in [0.25, 0.3) is 0 Å². The van der Waals surface area contributed by atoms with Crippen molar-refractivity contribution in [1.29, 1.82) is 0 Å². The number of amides is 2. The third kappa shape index (κ3) is 4.56. The summed E-state index contributed by atoms with van der Waals surface area (Å²) < 4.78 is 3.81. The summed E-state index contributed by atoms with van der Waals surface area (Å²) in [6, 6.07) is 0.0978. The molecule has 3 aliphatic rings.